The van der Waals surface area contributed by atoms with E-state index in [0.29, 0.717) is 37.2 Å². The van der Waals surface area contributed by atoms with Crippen molar-refractivity contribution in [1.29, 1.82) is 0 Å². The molecular formula is C20H27N3O4. The van der Waals surface area contributed by atoms with Crippen molar-refractivity contribution in [2.45, 2.75) is 51.2 Å². The van der Waals surface area contributed by atoms with Gasteiger partial charge in [-0.15, -0.1) is 0 Å². The molecule has 3 amide bonds. The average Bonchev–Trinajstić information content (AvgIpc) is 2.82. The van der Waals surface area contributed by atoms with Crippen LogP contribution in [-0.2, 0) is 9.59 Å². The molecule has 0 aliphatic carbocycles. The second kappa shape index (κ2) is 7.21. The Balaban J connectivity index is 1.73. The number of nitrogens with zero attached hydrogens (tertiary/aromatic N) is 1. The third kappa shape index (κ3) is 4.59. The monoisotopic (exact) mass is 373 g/mol. The molecule has 2 aliphatic heterocycles. The third-order valence-corrected chi connectivity index (χ3v) is 4.86. The molecule has 1 aromatic rings. The number of fused-ring (bicyclic) bond motifs is 1. The minimum atomic E-state index is -0.646. The highest BCUT2D eigenvalue weighted by molar-refractivity contribution is 5.97. The molecule has 2 aliphatic rings. The molecule has 3 rings (SSSR count). The maximum absolute atomic E-state index is 12.5. The topological polar surface area (TPSA) is 87.7 Å². The molecule has 7 nitrogen and oxygen atoms in total. The Morgan fingerprint density at radius 2 is 2.00 bits per heavy atom. The van der Waals surface area contributed by atoms with Crippen LogP contribution in [0.25, 0.3) is 0 Å². The van der Waals surface area contributed by atoms with Crippen molar-refractivity contribution in [1.82, 2.24) is 15.5 Å². The fraction of sp³-hybridized carbons (Fsp3) is 0.550. The van der Waals surface area contributed by atoms with Gasteiger partial charge in [-0.2, -0.15) is 0 Å². The number of nitrogens with one attached hydrogen (secondary N) is 2. The van der Waals surface area contributed by atoms with Crippen LogP contribution in [0.5, 0.6) is 5.75 Å². The van der Waals surface area contributed by atoms with Gasteiger partial charge in [-0.05, 0) is 39.3 Å². The molecule has 1 unspecified atom stereocenters. The number of hydrogen-bond donors (Lipinski definition) is 2. The summed E-state index contributed by atoms with van der Waals surface area (Å²) < 4.78 is 6.26. The van der Waals surface area contributed by atoms with Crippen LogP contribution < -0.4 is 15.4 Å². The molecule has 2 heterocycles. The number of amides is 3. The van der Waals surface area contributed by atoms with E-state index >= 15 is 0 Å². The highest BCUT2D eigenvalue weighted by Gasteiger charge is 2.40. The lowest BCUT2D eigenvalue weighted by Crippen LogP contribution is -2.48. The molecule has 1 atom stereocenters. The van der Waals surface area contributed by atoms with Crippen molar-refractivity contribution in [3.05, 3.63) is 29.8 Å². The van der Waals surface area contributed by atoms with Crippen molar-refractivity contribution in [3.8, 4) is 5.75 Å². The SMILES string of the molecule is CC(C)(C)NC(=O)CN1CCC2(CCC1=O)CNC(=O)c1ccccc1O2. The number of carbonyl (C=O) groups excluding carboxylic acids is 3. The Hall–Kier alpha value is -2.57. The first-order valence-corrected chi connectivity index (χ1v) is 9.33. The zero-order valence-electron chi connectivity index (χ0n) is 16.1. The Kier molecular flexibility index (Phi) is 5.13. The summed E-state index contributed by atoms with van der Waals surface area (Å²) in [4.78, 5) is 38.6. The van der Waals surface area contributed by atoms with Crippen molar-refractivity contribution < 1.29 is 19.1 Å². The van der Waals surface area contributed by atoms with E-state index < -0.39 is 5.60 Å². The molecule has 2 N–H and O–H groups in total. The lowest BCUT2D eigenvalue weighted by Gasteiger charge is -2.32. The van der Waals surface area contributed by atoms with Gasteiger partial charge in [0.1, 0.15) is 11.4 Å². The second-order valence-corrected chi connectivity index (χ2v) is 8.33. The highest BCUT2D eigenvalue weighted by atomic mass is 16.5. The summed E-state index contributed by atoms with van der Waals surface area (Å²) in [5.41, 5.74) is -0.481. The van der Waals surface area contributed by atoms with Crippen LogP contribution in [0.1, 0.15) is 50.4 Å². The number of ether oxygens (including phenoxy) is 1. The number of rotatable bonds is 2. The minimum Gasteiger partial charge on any atom is -0.485 e. The largest absolute Gasteiger partial charge is 0.485 e. The fourth-order valence-electron chi connectivity index (χ4n) is 3.51. The average molecular weight is 373 g/mol. The summed E-state index contributed by atoms with van der Waals surface area (Å²) in [5, 5.41) is 5.80. The highest BCUT2D eigenvalue weighted by Crippen LogP contribution is 2.33. The predicted molar refractivity (Wildman–Crippen MR) is 100 cm³/mol. The van der Waals surface area contributed by atoms with Gasteiger partial charge in [0.25, 0.3) is 5.91 Å². The number of benzene rings is 1. The van der Waals surface area contributed by atoms with E-state index in [1.807, 2.05) is 26.8 Å². The van der Waals surface area contributed by atoms with Crippen LogP contribution in [0.4, 0.5) is 0 Å². The van der Waals surface area contributed by atoms with Crippen molar-refractivity contribution in [3.63, 3.8) is 0 Å². The van der Waals surface area contributed by atoms with Crippen molar-refractivity contribution in [2.75, 3.05) is 19.6 Å². The molecule has 7 heteroatoms. The van der Waals surface area contributed by atoms with E-state index in [2.05, 4.69) is 10.6 Å². The Morgan fingerprint density at radius 1 is 1.26 bits per heavy atom. The predicted octanol–water partition coefficient (Wildman–Crippen LogP) is 1.47. The molecular weight excluding hydrogens is 346 g/mol. The van der Waals surface area contributed by atoms with E-state index in [9.17, 15) is 14.4 Å². The van der Waals surface area contributed by atoms with Crippen LogP contribution in [0.2, 0.25) is 0 Å². The summed E-state index contributed by atoms with van der Waals surface area (Å²) in [7, 11) is 0. The Bertz CT molecular complexity index is 756. The molecule has 1 aromatic carbocycles. The van der Waals surface area contributed by atoms with Gasteiger partial charge in [0, 0.05) is 24.9 Å². The first-order chi connectivity index (χ1) is 12.7. The smallest absolute Gasteiger partial charge is 0.255 e. The van der Waals surface area contributed by atoms with Crippen molar-refractivity contribution >= 4 is 17.7 Å². The number of hydrogen-bond acceptors (Lipinski definition) is 4. The van der Waals surface area contributed by atoms with Gasteiger partial charge in [-0.3, -0.25) is 14.4 Å². The summed E-state index contributed by atoms with van der Waals surface area (Å²) in [5.74, 6) is 0.133. The van der Waals surface area contributed by atoms with Gasteiger partial charge in [-0.1, -0.05) is 12.1 Å². The Labute approximate surface area is 159 Å². The van der Waals surface area contributed by atoms with E-state index in [1.165, 1.54) is 0 Å². The van der Waals surface area contributed by atoms with E-state index in [-0.39, 0.29) is 36.2 Å². The van der Waals surface area contributed by atoms with Crippen LogP contribution in [0.15, 0.2) is 24.3 Å². The number of para-hydroxylation sites is 1. The van der Waals surface area contributed by atoms with E-state index in [4.69, 9.17) is 4.74 Å². The fourth-order valence-corrected chi connectivity index (χ4v) is 3.51. The van der Waals surface area contributed by atoms with Gasteiger partial charge in [0.15, 0.2) is 0 Å². The molecule has 1 spiro atoms. The van der Waals surface area contributed by atoms with Gasteiger partial charge in [0.05, 0.1) is 18.7 Å². The maximum Gasteiger partial charge on any atom is 0.255 e. The molecule has 0 aromatic heterocycles. The molecule has 0 radical (unpaired) electrons. The summed E-state index contributed by atoms with van der Waals surface area (Å²) in [6.45, 7) is 6.51. The number of carbonyl (C=O) groups is 3. The summed E-state index contributed by atoms with van der Waals surface area (Å²) in [6.07, 6.45) is 1.33. The van der Waals surface area contributed by atoms with Crippen LogP contribution in [-0.4, -0.2) is 53.4 Å². The van der Waals surface area contributed by atoms with Gasteiger partial charge in [-0.25, -0.2) is 0 Å². The first kappa shape index (κ1) is 19.2. The lowest BCUT2D eigenvalue weighted by molar-refractivity contribution is -0.136. The van der Waals surface area contributed by atoms with Gasteiger partial charge < -0.3 is 20.3 Å². The van der Waals surface area contributed by atoms with E-state index in [1.54, 1.807) is 23.1 Å². The summed E-state index contributed by atoms with van der Waals surface area (Å²) >= 11 is 0. The summed E-state index contributed by atoms with van der Waals surface area (Å²) in [6, 6.07) is 7.14. The standard InChI is InChI=1S/C20H27N3O4/c1-19(2,3)22-16(24)12-23-11-10-20(9-8-17(23)25)13-21-18(26)14-6-4-5-7-15(14)27-20/h4-7H,8-13H2,1-3H3,(H,21,26)(H,22,24). The second-order valence-electron chi connectivity index (χ2n) is 8.33. The zero-order valence-corrected chi connectivity index (χ0v) is 16.1. The van der Waals surface area contributed by atoms with E-state index in [0.717, 1.165) is 0 Å². The van der Waals surface area contributed by atoms with Crippen molar-refractivity contribution in [2.24, 2.45) is 0 Å². The third-order valence-electron chi connectivity index (χ3n) is 4.86. The molecule has 1 fully saturated rings. The zero-order chi connectivity index (χ0) is 19.7. The van der Waals surface area contributed by atoms with Crippen LogP contribution in [0, 0.1) is 0 Å². The maximum atomic E-state index is 12.5. The van der Waals surface area contributed by atoms with Gasteiger partial charge >= 0.3 is 0 Å². The molecule has 0 saturated carbocycles. The quantitative estimate of drug-likeness (QED) is 0.822. The minimum absolute atomic E-state index is 0.0368. The number of likely N-dealkylation sites (tertiary alicyclic amines) is 1. The normalized spacial score (nSPS) is 23.0. The Morgan fingerprint density at radius 3 is 2.74 bits per heavy atom. The molecule has 1 saturated heterocycles. The first-order valence-electron chi connectivity index (χ1n) is 9.33. The van der Waals surface area contributed by atoms with Crippen LogP contribution in [0.3, 0.4) is 0 Å². The molecule has 146 valence electrons. The van der Waals surface area contributed by atoms with Gasteiger partial charge in [0.2, 0.25) is 11.8 Å². The molecule has 27 heavy (non-hydrogen) atoms. The van der Waals surface area contributed by atoms with Crippen LogP contribution >= 0.6 is 0 Å². The lowest BCUT2D eigenvalue weighted by atomic mass is 9.94. The molecule has 0 bridgehead atoms.